The topological polar surface area (TPSA) is 47.6 Å². The molecule has 20 heavy (non-hydrogen) atoms. The summed E-state index contributed by atoms with van der Waals surface area (Å²) in [5, 5.41) is 3.40. The van der Waals surface area contributed by atoms with Crippen molar-refractivity contribution < 1.29 is 14.3 Å². The van der Waals surface area contributed by atoms with Crippen LogP contribution in [0, 0.1) is 5.92 Å². The van der Waals surface area contributed by atoms with Gasteiger partial charge in [-0.2, -0.15) is 0 Å². The fraction of sp³-hybridized carbons (Fsp3) is 0.938. The molecule has 0 aromatic heterocycles. The van der Waals surface area contributed by atoms with Crippen molar-refractivity contribution in [2.75, 3.05) is 13.7 Å². The van der Waals surface area contributed by atoms with E-state index in [0.29, 0.717) is 0 Å². The highest BCUT2D eigenvalue weighted by atomic mass is 16.5. The van der Waals surface area contributed by atoms with Crippen LogP contribution in [-0.2, 0) is 14.3 Å². The average Bonchev–Trinajstić information content (AvgIpc) is 2.75. The molecule has 0 amide bonds. The molecule has 2 unspecified atom stereocenters. The van der Waals surface area contributed by atoms with Gasteiger partial charge in [0.2, 0.25) is 0 Å². The number of hydrogen-bond acceptors (Lipinski definition) is 4. The van der Waals surface area contributed by atoms with E-state index in [-0.39, 0.29) is 18.1 Å². The second-order valence-electron chi connectivity index (χ2n) is 6.69. The number of carbonyl (C=O) groups is 1. The van der Waals surface area contributed by atoms with Gasteiger partial charge < -0.3 is 9.47 Å². The van der Waals surface area contributed by atoms with Crippen molar-refractivity contribution in [2.24, 2.45) is 5.92 Å². The third-order valence-electron chi connectivity index (χ3n) is 4.71. The van der Waals surface area contributed by atoms with Crippen molar-refractivity contribution in [3.8, 4) is 0 Å². The molecule has 0 aliphatic heterocycles. The Hall–Kier alpha value is -0.610. The van der Waals surface area contributed by atoms with E-state index in [0.717, 1.165) is 31.8 Å². The fourth-order valence-corrected chi connectivity index (χ4v) is 3.45. The van der Waals surface area contributed by atoms with Gasteiger partial charge in [-0.15, -0.1) is 0 Å². The molecule has 4 nitrogen and oxygen atoms in total. The highest BCUT2D eigenvalue weighted by molar-refractivity contribution is 5.81. The zero-order chi connectivity index (χ0) is 14.6. The number of rotatable bonds is 7. The van der Waals surface area contributed by atoms with E-state index >= 15 is 0 Å². The lowest BCUT2D eigenvalue weighted by atomic mass is 9.83. The van der Waals surface area contributed by atoms with Crippen LogP contribution in [0.25, 0.3) is 0 Å². The van der Waals surface area contributed by atoms with Crippen LogP contribution >= 0.6 is 0 Å². The van der Waals surface area contributed by atoms with Crippen LogP contribution < -0.4 is 5.32 Å². The van der Waals surface area contributed by atoms with Crippen LogP contribution in [0.5, 0.6) is 0 Å². The minimum atomic E-state index is -0.538. The van der Waals surface area contributed by atoms with Gasteiger partial charge in [-0.25, -0.2) is 0 Å². The summed E-state index contributed by atoms with van der Waals surface area (Å²) in [7, 11) is 1.47. The monoisotopic (exact) mass is 283 g/mol. The summed E-state index contributed by atoms with van der Waals surface area (Å²) in [4.78, 5) is 12.1. The zero-order valence-corrected chi connectivity index (χ0v) is 13.1. The fourth-order valence-electron chi connectivity index (χ4n) is 3.45. The van der Waals surface area contributed by atoms with Crippen LogP contribution in [0.3, 0.4) is 0 Å². The molecule has 116 valence electrons. The van der Waals surface area contributed by atoms with E-state index in [1.807, 2.05) is 0 Å². The van der Waals surface area contributed by atoms with Gasteiger partial charge in [0.25, 0.3) is 0 Å². The molecule has 2 fully saturated rings. The molecular weight excluding hydrogens is 254 g/mol. The SMILES string of the molecule is COC(=O)C1(NC(C)C)CCC(OCCC2CCC2)C1. The average molecular weight is 283 g/mol. The van der Waals surface area contributed by atoms with E-state index in [2.05, 4.69) is 19.2 Å². The van der Waals surface area contributed by atoms with E-state index in [4.69, 9.17) is 9.47 Å². The second kappa shape index (κ2) is 6.90. The lowest BCUT2D eigenvalue weighted by Gasteiger charge is -2.30. The maximum Gasteiger partial charge on any atom is 0.326 e. The molecule has 0 bridgehead atoms. The van der Waals surface area contributed by atoms with Crippen molar-refractivity contribution in [1.29, 1.82) is 0 Å². The van der Waals surface area contributed by atoms with Gasteiger partial charge in [0.15, 0.2) is 0 Å². The molecule has 2 atom stereocenters. The number of ether oxygens (including phenoxy) is 2. The lowest BCUT2D eigenvalue weighted by molar-refractivity contribution is -0.149. The second-order valence-corrected chi connectivity index (χ2v) is 6.69. The van der Waals surface area contributed by atoms with E-state index in [1.54, 1.807) is 0 Å². The first-order valence-electron chi connectivity index (χ1n) is 8.03. The number of carbonyl (C=O) groups excluding carboxylic acids is 1. The maximum absolute atomic E-state index is 12.1. The third-order valence-corrected chi connectivity index (χ3v) is 4.71. The molecule has 4 heteroatoms. The van der Waals surface area contributed by atoms with E-state index in [9.17, 15) is 4.79 Å². The van der Waals surface area contributed by atoms with Gasteiger partial charge in [0, 0.05) is 19.1 Å². The van der Waals surface area contributed by atoms with Gasteiger partial charge in [-0.1, -0.05) is 19.3 Å². The van der Waals surface area contributed by atoms with Crippen molar-refractivity contribution >= 4 is 5.97 Å². The molecule has 0 spiro atoms. The molecule has 2 saturated carbocycles. The summed E-state index contributed by atoms with van der Waals surface area (Å²) in [6.07, 6.45) is 8.00. The summed E-state index contributed by atoms with van der Waals surface area (Å²) in [5.41, 5.74) is -0.538. The molecule has 2 rings (SSSR count). The first-order chi connectivity index (χ1) is 9.55. The van der Waals surface area contributed by atoms with Crippen molar-refractivity contribution in [3.05, 3.63) is 0 Å². The Morgan fingerprint density at radius 3 is 2.65 bits per heavy atom. The van der Waals surface area contributed by atoms with Crippen molar-refractivity contribution in [2.45, 2.75) is 76.5 Å². The first kappa shape index (κ1) is 15.8. The molecule has 2 aliphatic rings. The van der Waals surface area contributed by atoms with Crippen LogP contribution in [-0.4, -0.2) is 37.4 Å². The Kier molecular flexibility index (Phi) is 5.44. The van der Waals surface area contributed by atoms with Gasteiger partial charge in [0.05, 0.1) is 13.2 Å². The molecule has 0 aromatic rings. The normalized spacial score (nSPS) is 30.5. The molecule has 0 radical (unpaired) electrons. The Balaban J connectivity index is 1.81. The molecule has 0 heterocycles. The Labute approximate surface area is 122 Å². The van der Waals surface area contributed by atoms with Crippen molar-refractivity contribution in [3.63, 3.8) is 0 Å². The van der Waals surface area contributed by atoms with Crippen LogP contribution in [0.15, 0.2) is 0 Å². The summed E-state index contributed by atoms with van der Waals surface area (Å²) >= 11 is 0. The maximum atomic E-state index is 12.1. The Morgan fingerprint density at radius 1 is 1.35 bits per heavy atom. The van der Waals surface area contributed by atoms with E-state index in [1.165, 1.54) is 32.8 Å². The summed E-state index contributed by atoms with van der Waals surface area (Å²) in [6, 6.07) is 0.267. The van der Waals surface area contributed by atoms with Gasteiger partial charge in [0.1, 0.15) is 5.54 Å². The highest BCUT2D eigenvalue weighted by Crippen LogP contribution is 2.35. The molecule has 0 aromatic carbocycles. The summed E-state index contributed by atoms with van der Waals surface area (Å²) in [5.74, 6) is 0.742. The van der Waals surface area contributed by atoms with Crippen LogP contribution in [0.4, 0.5) is 0 Å². The Morgan fingerprint density at radius 2 is 2.10 bits per heavy atom. The predicted octanol–water partition coefficient (Wildman–Crippen LogP) is 2.66. The quantitative estimate of drug-likeness (QED) is 0.730. The predicted molar refractivity (Wildman–Crippen MR) is 78.6 cm³/mol. The molecule has 2 aliphatic carbocycles. The minimum absolute atomic E-state index is 0.142. The Bertz CT molecular complexity index is 328. The van der Waals surface area contributed by atoms with Crippen molar-refractivity contribution in [1.82, 2.24) is 5.32 Å². The minimum Gasteiger partial charge on any atom is -0.468 e. The lowest BCUT2D eigenvalue weighted by Crippen LogP contribution is -2.53. The summed E-state index contributed by atoms with van der Waals surface area (Å²) < 4.78 is 11.0. The molecule has 0 saturated heterocycles. The van der Waals surface area contributed by atoms with Gasteiger partial charge >= 0.3 is 5.97 Å². The van der Waals surface area contributed by atoms with E-state index < -0.39 is 5.54 Å². The molecule has 1 N–H and O–H groups in total. The van der Waals surface area contributed by atoms with Crippen LogP contribution in [0.2, 0.25) is 0 Å². The van der Waals surface area contributed by atoms with Crippen LogP contribution in [0.1, 0.15) is 58.8 Å². The number of methoxy groups -OCH3 is 1. The number of hydrogen-bond donors (Lipinski definition) is 1. The van der Waals surface area contributed by atoms with Gasteiger partial charge in [-0.05, 0) is 39.0 Å². The number of esters is 1. The smallest absolute Gasteiger partial charge is 0.326 e. The highest BCUT2D eigenvalue weighted by Gasteiger charge is 2.47. The third kappa shape index (κ3) is 3.73. The zero-order valence-electron chi connectivity index (χ0n) is 13.1. The standard InChI is InChI=1S/C16H29NO3/c1-12(2)17-16(15(18)19-3)9-7-14(11-16)20-10-8-13-5-4-6-13/h12-14,17H,4-11H2,1-3H3. The van der Waals surface area contributed by atoms with Gasteiger partial charge in [-0.3, -0.25) is 10.1 Å². The largest absolute Gasteiger partial charge is 0.468 e. The number of nitrogens with one attached hydrogen (secondary N) is 1. The first-order valence-corrected chi connectivity index (χ1v) is 8.03. The summed E-state index contributed by atoms with van der Waals surface area (Å²) in [6.45, 7) is 4.97. The molecular formula is C16H29NO3.